The number of anilines is 2. The Kier molecular flexibility index (Phi) is 8.04. The van der Waals surface area contributed by atoms with E-state index in [-0.39, 0.29) is 6.17 Å². The Morgan fingerprint density at radius 1 is 0.781 bits per heavy atom. The average molecular weight is 426 g/mol. The van der Waals surface area contributed by atoms with Gasteiger partial charge in [0.15, 0.2) is 0 Å². The first-order chi connectivity index (χ1) is 15.5. The van der Waals surface area contributed by atoms with Crippen LogP contribution >= 0.6 is 0 Å². The Labute approximate surface area is 193 Å². The minimum atomic E-state index is -0.289. The Hall–Kier alpha value is -3.14. The van der Waals surface area contributed by atoms with Crippen molar-refractivity contribution < 1.29 is 0 Å². The Morgan fingerprint density at radius 2 is 1.38 bits per heavy atom. The van der Waals surface area contributed by atoms with Crippen LogP contribution in [-0.4, -0.2) is 7.05 Å². The summed E-state index contributed by atoms with van der Waals surface area (Å²) in [5.74, 6) is 0. The molecule has 0 heterocycles. The molecule has 0 saturated heterocycles. The summed E-state index contributed by atoms with van der Waals surface area (Å²) in [7, 11) is 1.50. The molecule has 0 spiro atoms. The Balaban J connectivity index is 0.00000141. The van der Waals surface area contributed by atoms with Crippen LogP contribution < -0.4 is 16.4 Å². The molecule has 4 N–H and O–H groups in total. The number of aryl methyl sites for hydroxylation is 2. The van der Waals surface area contributed by atoms with Gasteiger partial charge in [-0.25, -0.2) is 0 Å². The summed E-state index contributed by atoms with van der Waals surface area (Å²) in [4.78, 5) is 2.27. The van der Waals surface area contributed by atoms with Crippen LogP contribution in [0.4, 0.5) is 11.4 Å². The largest absolute Gasteiger partial charge is 0.333 e. The number of nitrogens with two attached hydrogens (primary N) is 2. The second kappa shape index (κ2) is 10.9. The van der Waals surface area contributed by atoms with E-state index in [9.17, 15) is 0 Å². The molecule has 0 radical (unpaired) electrons. The molecule has 0 bridgehead atoms. The van der Waals surface area contributed by atoms with Crippen molar-refractivity contribution in [2.75, 3.05) is 11.9 Å². The minimum Gasteiger partial charge on any atom is -0.333 e. The van der Waals surface area contributed by atoms with Crippen molar-refractivity contribution in [2.24, 2.45) is 11.5 Å². The molecule has 3 heteroatoms. The van der Waals surface area contributed by atoms with Gasteiger partial charge in [0.1, 0.15) is 6.17 Å². The van der Waals surface area contributed by atoms with Gasteiger partial charge in [-0.15, -0.1) is 0 Å². The summed E-state index contributed by atoms with van der Waals surface area (Å²) in [5, 5.41) is 0. The van der Waals surface area contributed by atoms with Crippen molar-refractivity contribution in [3.8, 4) is 0 Å². The van der Waals surface area contributed by atoms with Crippen LogP contribution in [0.2, 0.25) is 0 Å². The lowest BCUT2D eigenvalue weighted by Gasteiger charge is -2.34. The van der Waals surface area contributed by atoms with Gasteiger partial charge in [0.05, 0.1) is 5.69 Å². The van der Waals surface area contributed by atoms with Gasteiger partial charge in [-0.3, -0.25) is 0 Å². The van der Waals surface area contributed by atoms with Crippen molar-refractivity contribution in [3.05, 3.63) is 113 Å². The highest BCUT2D eigenvalue weighted by Gasteiger charge is 2.23. The average Bonchev–Trinajstić information content (AvgIpc) is 2.83. The van der Waals surface area contributed by atoms with E-state index in [0.717, 1.165) is 29.8 Å². The smallest absolute Gasteiger partial charge is 0.108 e. The third-order valence-corrected chi connectivity index (χ3v) is 5.89. The molecule has 0 amide bonds. The van der Waals surface area contributed by atoms with E-state index in [4.69, 9.17) is 5.73 Å². The fourth-order valence-corrected chi connectivity index (χ4v) is 4.08. The first kappa shape index (κ1) is 23.5. The maximum absolute atomic E-state index is 6.92. The fourth-order valence-electron chi connectivity index (χ4n) is 4.08. The van der Waals surface area contributed by atoms with Crippen LogP contribution in [0, 0.1) is 13.8 Å². The zero-order valence-electron chi connectivity index (χ0n) is 19.7. The summed E-state index contributed by atoms with van der Waals surface area (Å²) in [6.07, 6.45) is 6.47. The molecule has 1 aliphatic rings. The molecular formula is C29H35N3. The molecule has 4 rings (SSSR count). The standard InChI is InChI=1S/C28H30N2.CH5N/c1-20-12-16-23(17-13-20)28(29)30(24-18-14-21(2)15-19-24)27-11-7-6-10-26(27)25-9-5-4-8-22(25)3;1-2/h5-7,9-19,28H,4,8,29H2,1-3H3;2H2,1H3. The normalized spacial score (nSPS) is 13.9. The predicted octanol–water partition coefficient (Wildman–Crippen LogP) is 6.80. The van der Waals surface area contributed by atoms with Crippen LogP contribution in [0.3, 0.4) is 0 Å². The first-order valence-electron chi connectivity index (χ1n) is 11.3. The third kappa shape index (κ3) is 5.18. The van der Waals surface area contributed by atoms with Gasteiger partial charge in [-0.1, -0.05) is 83.4 Å². The number of hydrogen-bond donors (Lipinski definition) is 2. The van der Waals surface area contributed by atoms with Crippen LogP contribution in [-0.2, 0) is 0 Å². The lowest BCUT2D eigenvalue weighted by Crippen LogP contribution is -2.31. The molecule has 0 saturated carbocycles. The van der Waals surface area contributed by atoms with Gasteiger partial charge in [0, 0.05) is 11.3 Å². The molecule has 0 fully saturated rings. The molecule has 3 nitrogen and oxygen atoms in total. The summed E-state index contributed by atoms with van der Waals surface area (Å²) < 4.78 is 0. The minimum absolute atomic E-state index is 0.289. The second-order valence-electron chi connectivity index (χ2n) is 8.21. The summed E-state index contributed by atoms with van der Waals surface area (Å²) in [6.45, 7) is 6.46. The van der Waals surface area contributed by atoms with Crippen molar-refractivity contribution in [1.82, 2.24) is 0 Å². The van der Waals surface area contributed by atoms with Gasteiger partial charge < -0.3 is 16.4 Å². The van der Waals surface area contributed by atoms with E-state index >= 15 is 0 Å². The number of rotatable bonds is 5. The zero-order chi connectivity index (χ0) is 23.1. The topological polar surface area (TPSA) is 55.3 Å². The number of hydrogen-bond acceptors (Lipinski definition) is 3. The van der Waals surface area contributed by atoms with Crippen molar-refractivity contribution in [3.63, 3.8) is 0 Å². The van der Waals surface area contributed by atoms with E-state index in [2.05, 4.69) is 116 Å². The van der Waals surface area contributed by atoms with E-state index in [1.165, 1.54) is 34.9 Å². The molecule has 1 unspecified atom stereocenters. The van der Waals surface area contributed by atoms with Crippen molar-refractivity contribution in [2.45, 2.75) is 39.8 Å². The van der Waals surface area contributed by atoms with Gasteiger partial charge >= 0.3 is 0 Å². The monoisotopic (exact) mass is 425 g/mol. The Bertz CT molecular complexity index is 1080. The van der Waals surface area contributed by atoms with Gasteiger partial charge in [0.25, 0.3) is 0 Å². The molecule has 1 aliphatic carbocycles. The molecule has 1 atom stereocenters. The number of benzene rings is 3. The summed E-state index contributed by atoms with van der Waals surface area (Å²) in [6, 6.07) is 25.8. The number of nitrogens with zero attached hydrogens (tertiary/aromatic N) is 1. The van der Waals surface area contributed by atoms with Gasteiger partial charge in [0.2, 0.25) is 0 Å². The van der Waals surface area contributed by atoms with Crippen LogP contribution in [0.1, 0.15) is 48.2 Å². The van der Waals surface area contributed by atoms with E-state index in [1.54, 1.807) is 0 Å². The van der Waals surface area contributed by atoms with Crippen LogP contribution in [0.15, 0.2) is 90.5 Å². The van der Waals surface area contributed by atoms with E-state index in [1.807, 2.05) is 0 Å². The lowest BCUT2D eigenvalue weighted by atomic mass is 9.91. The first-order valence-corrected chi connectivity index (χ1v) is 11.3. The molecule has 3 aromatic rings. The van der Waals surface area contributed by atoms with Crippen LogP contribution in [0.25, 0.3) is 5.57 Å². The molecule has 166 valence electrons. The van der Waals surface area contributed by atoms with Crippen LogP contribution in [0.5, 0.6) is 0 Å². The highest BCUT2D eigenvalue weighted by molar-refractivity contribution is 5.87. The van der Waals surface area contributed by atoms with Crippen molar-refractivity contribution >= 4 is 16.9 Å². The predicted molar refractivity (Wildman–Crippen MR) is 139 cm³/mol. The zero-order valence-corrected chi connectivity index (χ0v) is 19.7. The molecule has 0 aromatic heterocycles. The Morgan fingerprint density at radius 3 is 2.00 bits per heavy atom. The maximum atomic E-state index is 6.92. The lowest BCUT2D eigenvalue weighted by molar-refractivity contribution is 0.735. The molecular weight excluding hydrogens is 390 g/mol. The van der Waals surface area contributed by atoms with Crippen molar-refractivity contribution in [1.29, 1.82) is 0 Å². The molecule has 32 heavy (non-hydrogen) atoms. The molecule has 3 aromatic carbocycles. The van der Waals surface area contributed by atoms with E-state index < -0.39 is 0 Å². The second-order valence-corrected chi connectivity index (χ2v) is 8.21. The third-order valence-electron chi connectivity index (χ3n) is 5.89. The highest BCUT2D eigenvalue weighted by Crippen LogP contribution is 2.40. The quantitative estimate of drug-likeness (QED) is 0.442. The highest BCUT2D eigenvalue weighted by atomic mass is 15.2. The number of para-hydroxylation sites is 1. The fraction of sp³-hybridized carbons (Fsp3) is 0.241. The summed E-state index contributed by atoms with van der Waals surface area (Å²) >= 11 is 0. The maximum Gasteiger partial charge on any atom is 0.108 e. The van der Waals surface area contributed by atoms with Gasteiger partial charge in [-0.05, 0) is 70.0 Å². The molecule has 0 aliphatic heterocycles. The van der Waals surface area contributed by atoms with Gasteiger partial charge in [-0.2, -0.15) is 0 Å². The number of allylic oxidation sites excluding steroid dienone is 4. The van der Waals surface area contributed by atoms with E-state index in [0.29, 0.717) is 0 Å². The SMILES string of the molecule is CC1=C(c2ccccc2N(c2ccc(C)cc2)C(N)c2ccc(C)cc2)C=CCC1.CN. The summed E-state index contributed by atoms with van der Waals surface area (Å²) in [5.41, 5.74) is 21.2.